The van der Waals surface area contributed by atoms with Crippen molar-refractivity contribution in [3.63, 3.8) is 0 Å². The lowest BCUT2D eigenvalue weighted by Crippen LogP contribution is -2.30. The van der Waals surface area contributed by atoms with Gasteiger partial charge in [0.05, 0.1) is 0 Å². The first-order chi connectivity index (χ1) is 37.0. The van der Waals surface area contributed by atoms with Gasteiger partial charge in [-0.1, -0.05) is 326 Å². The van der Waals surface area contributed by atoms with Crippen LogP contribution in [-0.2, 0) is 28.6 Å². The largest absolute Gasteiger partial charge is 0.462 e. The van der Waals surface area contributed by atoms with Crippen molar-refractivity contribution in [1.29, 1.82) is 0 Å². The van der Waals surface area contributed by atoms with E-state index in [0.717, 1.165) is 83.5 Å². The third-order valence-corrected chi connectivity index (χ3v) is 14.8. The molecule has 0 radical (unpaired) electrons. The number of hydrogen-bond donors (Lipinski definition) is 0. The van der Waals surface area contributed by atoms with Crippen LogP contribution in [0.4, 0.5) is 0 Å². The Morgan fingerprint density at radius 2 is 0.520 bits per heavy atom. The fourth-order valence-corrected chi connectivity index (χ4v) is 9.91. The minimum atomic E-state index is -0.764. The average molecular weight is 1050 g/mol. The second-order valence-electron chi connectivity index (χ2n) is 22.4. The van der Waals surface area contributed by atoms with Gasteiger partial charge in [0.15, 0.2) is 6.10 Å². The number of ether oxygens (including phenoxy) is 3. The monoisotopic (exact) mass is 1050 g/mol. The Hall–Kier alpha value is -2.63. The van der Waals surface area contributed by atoms with E-state index in [1.54, 1.807) is 0 Å². The van der Waals surface area contributed by atoms with Crippen LogP contribution in [0.1, 0.15) is 355 Å². The summed E-state index contributed by atoms with van der Waals surface area (Å²) in [5.41, 5.74) is 0. The van der Waals surface area contributed by atoms with Crippen LogP contribution >= 0.6 is 0 Å². The number of rotatable bonds is 61. The Morgan fingerprint density at radius 1 is 0.280 bits per heavy atom. The van der Waals surface area contributed by atoms with Gasteiger partial charge >= 0.3 is 17.9 Å². The summed E-state index contributed by atoms with van der Waals surface area (Å²) in [7, 11) is 0. The molecule has 1 unspecified atom stereocenters. The topological polar surface area (TPSA) is 78.9 Å². The predicted molar refractivity (Wildman–Crippen MR) is 325 cm³/mol. The summed E-state index contributed by atoms with van der Waals surface area (Å²) in [4.78, 5) is 38.0. The second kappa shape index (κ2) is 63.9. The molecule has 0 heterocycles. The van der Waals surface area contributed by atoms with Gasteiger partial charge in [-0.05, 0) is 57.8 Å². The summed E-state index contributed by atoms with van der Waals surface area (Å²) >= 11 is 0. The maximum absolute atomic E-state index is 12.8. The van der Waals surface area contributed by atoms with Crippen LogP contribution in [-0.4, -0.2) is 37.2 Å². The van der Waals surface area contributed by atoms with Crippen LogP contribution in [0.2, 0.25) is 0 Å². The summed E-state index contributed by atoms with van der Waals surface area (Å²) < 4.78 is 16.8. The molecule has 0 aromatic carbocycles. The van der Waals surface area contributed by atoms with Crippen molar-refractivity contribution < 1.29 is 28.6 Å². The van der Waals surface area contributed by atoms with Crippen molar-refractivity contribution in [3.8, 4) is 0 Å². The third-order valence-electron chi connectivity index (χ3n) is 14.8. The lowest BCUT2D eigenvalue weighted by atomic mass is 10.0. The molecule has 0 aromatic rings. The molecule has 0 saturated heterocycles. The first kappa shape index (κ1) is 72.4. The first-order valence-electron chi connectivity index (χ1n) is 33.1. The molecule has 75 heavy (non-hydrogen) atoms. The molecule has 6 heteroatoms. The van der Waals surface area contributed by atoms with Crippen molar-refractivity contribution >= 4 is 17.9 Å². The average Bonchev–Trinajstić information content (AvgIpc) is 3.41. The minimum Gasteiger partial charge on any atom is -0.462 e. The summed E-state index contributed by atoms with van der Waals surface area (Å²) in [5, 5.41) is 0. The van der Waals surface area contributed by atoms with E-state index in [-0.39, 0.29) is 31.1 Å². The number of carbonyl (C=O) groups excluding carboxylic acids is 3. The summed E-state index contributed by atoms with van der Waals surface area (Å²) in [6.07, 6.45) is 80.4. The smallest absolute Gasteiger partial charge is 0.306 e. The molecule has 0 rings (SSSR count). The van der Waals surface area contributed by atoms with Gasteiger partial charge in [-0.25, -0.2) is 0 Å². The molecule has 0 saturated carbocycles. The Bertz CT molecular complexity index is 1300. The number of hydrogen-bond acceptors (Lipinski definition) is 6. The van der Waals surface area contributed by atoms with Crippen LogP contribution in [0, 0.1) is 0 Å². The van der Waals surface area contributed by atoms with Gasteiger partial charge < -0.3 is 14.2 Å². The molecular weight excluding hydrogens is 925 g/mol. The molecule has 0 amide bonds. The molecule has 0 aromatic heterocycles. The Kier molecular flexibility index (Phi) is 61.7. The van der Waals surface area contributed by atoms with Crippen LogP contribution in [0.25, 0.3) is 0 Å². The van der Waals surface area contributed by atoms with Gasteiger partial charge in [0.25, 0.3) is 0 Å². The highest BCUT2D eigenvalue weighted by molar-refractivity contribution is 5.71. The molecule has 0 N–H and O–H groups in total. The number of esters is 3. The van der Waals surface area contributed by atoms with Crippen molar-refractivity contribution in [2.45, 2.75) is 361 Å². The number of unbranched alkanes of at least 4 members (excludes halogenated alkanes) is 42. The molecule has 1 atom stereocenters. The Morgan fingerprint density at radius 3 is 0.813 bits per heavy atom. The highest BCUT2D eigenvalue weighted by Gasteiger charge is 2.19. The van der Waals surface area contributed by atoms with E-state index >= 15 is 0 Å². The van der Waals surface area contributed by atoms with E-state index in [1.165, 1.54) is 231 Å². The molecule has 0 fully saturated rings. The van der Waals surface area contributed by atoms with E-state index in [9.17, 15) is 14.4 Å². The molecule has 6 nitrogen and oxygen atoms in total. The van der Waals surface area contributed by atoms with Crippen molar-refractivity contribution in [2.24, 2.45) is 0 Å². The first-order valence-corrected chi connectivity index (χ1v) is 33.1. The molecule has 0 aliphatic carbocycles. The van der Waals surface area contributed by atoms with Crippen molar-refractivity contribution in [2.75, 3.05) is 13.2 Å². The summed E-state index contributed by atoms with van der Waals surface area (Å²) in [6.45, 7) is 6.52. The van der Waals surface area contributed by atoms with Crippen LogP contribution < -0.4 is 0 Å². The fraction of sp³-hybridized carbons (Fsp3) is 0.841. The highest BCUT2D eigenvalue weighted by atomic mass is 16.6. The molecular formula is C69H126O6. The number of allylic oxidation sites excluding steroid dienone is 8. The zero-order valence-electron chi connectivity index (χ0n) is 50.3. The van der Waals surface area contributed by atoms with Gasteiger partial charge in [0.2, 0.25) is 0 Å². The normalized spacial score (nSPS) is 12.3. The standard InChI is InChI=1S/C69H126O6/c1-4-7-10-13-16-18-20-22-24-26-27-28-29-30-31-32-33-34-35-36-37-38-39-40-41-42-43-44-46-47-49-51-53-56-59-62-68(71)74-65-66(64-73-67(70)61-58-55-15-12-9-6-3)75-69(72)63-60-57-54-52-50-48-45-25-23-21-19-17-14-11-8-5-2/h7,10,16,18,22,24,27-28,66H,4-6,8-9,11-15,17,19-21,23,25-26,29-65H2,1-3H3/b10-7-,18-16-,24-22-,28-27-. The Labute approximate surface area is 467 Å². The lowest BCUT2D eigenvalue weighted by Gasteiger charge is -2.18. The minimum absolute atomic E-state index is 0.0658. The van der Waals surface area contributed by atoms with Gasteiger partial charge in [-0.15, -0.1) is 0 Å². The quantitative estimate of drug-likeness (QED) is 0.0261. The highest BCUT2D eigenvalue weighted by Crippen LogP contribution is 2.18. The molecule has 0 aliphatic rings. The Balaban J connectivity index is 3.89. The molecule has 438 valence electrons. The summed E-state index contributed by atoms with van der Waals surface area (Å²) in [6, 6.07) is 0. The number of carbonyl (C=O) groups is 3. The predicted octanol–water partition coefficient (Wildman–Crippen LogP) is 22.6. The van der Waals surface area contributed by atoms with Crippen LogP contribution in [0.15, 0.2) is 48.6 Å². The molecule has 0 spiro atoms. The summed E-state index contributed by atoms with van der Waals surface area (Å²) in [5.74, 6) is -0.852. The van der Waals surface area contributed by atoms with Gasteiger partial charge in [-0.2, -0.15) is 0 Å². The van der Waals surface area contributed by atoms with Crippen LogP contribution in [0.3, 0.4) is 0 Å². The van der Waals surface area contributed by atoms with E-state index < -0.39 is 6.10 Å². The molecule has 0 aliphatic heterocycles. The van der Waals surface area contributed by atoms with Crippen LogP contribution in [0.5, 0.6) is 0 Å². The maximum atomic E-state index is 12.8. The van der Waals surface area contributed by atoms with Crippen molar-refractivity contribution in [3.05, 3.63) is 48.6 Å². The molecule has 0 bridgehead atoms. The second-order valence-corrected chi connectivity index (χ2v) is 22.4. The maximum Gasteiger partial charge on any atom is 0.306 e. The van der Waals surface area contributed by atoms with E-state index in [0.29, 0.717) is 19.3 Å². The lowest BCUT2D eigenvalue weighted by molar-refractivity contribution is -0.167. The zero-order valence-corrected chi connectivity index (χ0v) is 50.3. The van der Waals surface area contributed by atoms with Gasteiger partial charge in [-0.3, -0.25) is 14.4 Å². The SMILES string of the molecule is CC/C=C\C/C=C\C/C=C\C/C=C\CCCCCCCCCCCCCCCCCCCCCCCCC(=O)OCC(COC(=O)CCCCCCCC)OC(=O)CCCCCCCCCCCCCCCCCC. The van der Waals surface area contributed by atoms with Gasteiger partial charge in [0, 0.05) is 19.3 Å². The van der Waals surface area contributed by atoms with Crippen molar-refractivity contribution in [1.82, 2.24) is 0 Å². The fourth-order valence-electron chi connectivity index (χ4n) is 9.91. The third kappa shape index (κ3) is 62.1. The van der Waals surface area contributed by atoms with E-state index in [2.05, 4.69) is 69.4 Å². The zero-order chi connectivity index (χ0) is 54.3. The van der Waals surface area contributed by atoms with Gasteiger partial charge in [0.1, 0.15) is 13.2 Å². The van der Waals surface area contributed by atoms with E-state index in [1.807, 2.05) is 0 Å². The van der Waals surface area contributed by atoms with E-state index in [4.69, 9.17) is 14.2 Å².